The van der Waals surface area contributed by atoms with Gasteiger partial charge in [0.15, 0.2) is 11.7 Å². The molecule has 3 aromatic rings. The number of carbonyl (C=O) groups is 1. The molecule has 0 unspecified atom stereocenters. The highest BCUT2D eigenvalue weighted by atomic mass is 16.4. The molecule has 0 aliphatic heterocycles. The van der Waals surface area contributed by atoms with Crippen LogP contribution in [0, 0.1) is 0 Å². The fourth-order valence-corrected chi connectivity index (χ4v) is 2.46. The van der Waals surface area contributed by atoms with Crippen molar-refractivity contribution in [2.45, 2.75) is 19.3 Å². The van der Waals surface area contributed by atoms with Gasteiger partial charge < -0.3 is 9.73 Å². The molecule has 4 nitrogen and oxygen atoms in total. The summed E-state index contributed by atoms with van der Waals surface area (Å²) < 4.78 is 5.70. The molecule has 0 atom stereocenters. The molecular weight excluding hydrogens is 300 g/mol. The lowest BCUT2D eigenvalue weighted by Crippen LogP contribution is -2.25. The number of aromatic nitrogens is 1. The maximum atomic E-state index is 11.9. The van der Waals surface area contributed by atoms with Crippen LogP contribution >= 0.6 is 0 Å². The Hall–Kier alpha value is -2.88. The number of carbonyl (C=O) groups excluding carboxylic acids is 1. The lowest BCUT2D eigenvalue weighted by Gasteiger charge is -2.04. The standard InChI is InChI=1S/C20H20N2O2/c23-19(21-14-13-16-7-3-1-4-8-16)11-12-20-22-15-18(24-20)17-9-5-2-6-10-17/h1-10,15H,11-14H2,(H,21,23). The zero-order chi connectivity index (χ0) is 16.6. The lowest BCUT2D eigenvalue weighted by atomic mass is 10.1. The first-order valence-electron chi connectivity index (χ1n) is 8.12. The van der Waals surface area contributed by atoms with Crippen LogP contribution in [0.25, 0.3) is 11.3 Å². The molecule has 0 fully saturated rings. The fraction of sp³-hybridized carbons (Fsp3) is 0.200. The van der Waals surface area contributed by atoms with Gasteiger partial charge in [0.1, 0.15) is 0 Å². The van der Waals surface area contributed by atoms with Gasteiger partial charge in [-0.05, 0) is 12.0 Å². The first-order chi connectivity index (χ1) is 11.8. The number of benzene rings is 2. The maximum absolute atomic E-state index is 11.9. The van der Waals surface area contributed by atoms with Gasteiger partial charge in [-0.2, -0.15) is 0 Å². The van der Waals surface area contributed by atoms with Crippen molar-refractivity contribution in [3.63, 3.8) is 0 Å². The summed E-state index contributed by atoms with van der Waals surface area (Å²) in [5.41, 5.74) is 2.21. The SMILES string of the molecule is O=C(CCc1ncc(-c2ccccc2)o1)NCCc1ccccc1. The van der Waals surface area contributed by atoms with Crippen molar-refractivity contribution in [3.05, 3.63) is 78.3 Å². The van der Waals surface area contributed by atoms with Crippen LogP contribution in [-0.2, 0) is 17.6 Å². The highest BCUT2D eigenvalue weighted by Gasteiger charge is 2.08. The summed E-state index contributed by atoms with van der Waals surface area (Å²) in [6.45, 7) is 0.643. The van der Waals surface area contributed by atoms with Gasteiger partial charge in [0, 0.05) is 24.9 Å². The van der Waals surface area contributed by atoms with Gasteiger partial charge in [-0.3, -0.25) is 4.79 Å². The van der Waals surface area contributed by atoms with E-state index in [1.807, 2.05) is 48.5 Å². The third kappa shape index (κ3) is 4.56. The van der Waals surface area contributed by atoms with Gasteiger partial charge in [-0.1, -0.05) is 60.7 Å². The molecule has 2 aromatic carbocycles. The monoisotopic (exact) mass is 320 g/mol. The molecule has 0 saturated heterocycles. The molecule has 1 N–H and O–H groups in total. The molecule has 1 heterocycles. The van der Waals surface area contributed by atoms with Crippen LogP contribution in [-0.4, -0.2) is 17.4 Å². The summed E-state index contributed by atoms with van der Waals surface area (Å²) in [6.07, 6.45) is 3.43. The number of hydrogen-bond donors (Lipinski definition) is 1. The average Bonchev–Trinajstić information content (AvgIpc) is 3.11. The summed E-state index contributed by atoms with van der Waals surface area (Å²) in [5.74, 6) is 1.34. The number of hydrogen-bond acceptors (Lipinski definition) is 3. The van der Waals surface area contributed by atoms with E-state index in [-0.39, 0.29) is 5.91 Å². The molecule has 24 heavy (non-hydrogen) atoms. The zero-order valence-electron chi connectivity index (χ0n) is 13.4. The van der Waals surface area contributed by atoms with Gasteiger partial charge in [0.25, 0.3) is 0 Å². The number of rotatable bonds is 7. The van der Waals surface area contributed by atoms with E-state index in [2.05, 4.69) is 22.4 Å². The maximum Gasteiger partial charge on any atom is 0.220 e. The predicted molar refractivity (Wildman–Crippen MR) is 93.4 cm³/mol. The largest absolute Gasteiger partial charge is 0.441 e. The van der Waals surface area contributed by atoms with Crippen LogP contribution in [0.4, 0.5) is 0 Å². The second-order valence-corrected chi connectivity index (χ2v) is 5.57. The van der Waals surface area contributed by atoms with E-state index < -0.39 is 0 Å². The minimum Gasteiger partial charge on any atom is -0.441 e. The Morgan fingerprint density at radius 2 is 1.67 bits per heavy atom. The van der Waals surface area contributed by atoms with E-state index in [0.29, 0.717) is 25.3 Å². The van der Waals surface area contributed by atoms with Crippen molar-refractivity contribution >= 4 is 5.91 Å². The molecular formula is C20H20N2O2. The predicted octanol–water partition coefficient (Wildman–Crippen LogP) is 3.63. The van der Waals surface area contributed by atoms with E-state index >= 15 is 0 Å². The zero-order valence-corrected chi connectivity index (χ0v) is 13.4. The molecule has 1 aromatic heterocycles. The van der Waals surface area contributed by atoms with Crippen molar-refractivity contribution in [1.82, 2.24) is 10.3 Å². The summed E-state index contributed by atoms with van der Waals surface area (Å²) in [6, 6.07) is 19.9. The fourth-order valence-electron chi connectivity index (χ4n) is 2.46. The van der Waals surface area contributed by atoms with Crippen LogP contribution in [0.3, 0.4) is 0 Å². The summed E-state index contributed by atoms with van der Waals surface area (Å²) >= 11 is 0. The highest BCUT2D eigenvalue weighted by molar-refractivity contribution is 5.76. The molecule has 1 amide bonds. The molecule has 4 heteroatoms. The molecule has 0 spiro atoms. The van der Waals surface area contributed by atoms with Crippen molar-refractivity contribution in [2.24, 2.45) is 0 Å². The van der Waals surface area contributed by atoms with Crippen molar-refractivity contribution in [1.29, 1.82) is 0 Å². The Morgan fingerprint density at radius 3 is 2.42 bits per heavy atom. The number of amides is 1. The van der Waals surface area contributed by atoms with Crippen LogP contribution in [0.5, 0.6) is 0 Å². The first kappa shape index (κ1) is 16.0. The second-order valence-electron chi connectivity index (χ2n) is 5.57. The quantitative estimate of drug-likeness (QED) is 0.723. The number of nitrogens with zero attached hydrogens (tertiary/aromatic N) is 1. The molecule has 122 valence electrons. The average molecular weight is 320 g/mol. The molecule has 0 bridgehead atoms. The number of aryl methyl sites for hydroxylation is 1. The Bertz CT molecular complexity index is 767. The topological polar surface area (TPSA) is 55.1 Å². The third-order valence-corrected chi connectivity index (χ3v) is 3.76. The Labute approximate surface area is 141 Å². The molecule has 0 aliphatic rings. The van der Waals surface area contributed by atoms with Gasteiger partial charge in [0.2, 0.25) is 5.91 Å². The van der Waals surface area contributed by atoms with Crippen molar-refractivity contribution in [2.75, 3.05) is 6.54 Å². The van der Waals surface area contributed by atoms with Gasteiger partial charge in [0.05, 0.1) is 6.20 Å². The van der Waals surface area contributed by atoms with Crippen LogP contribution in [0.1, 0.15) is 17.9 Å². The second kappa shape index (κ2) is 8.11. The van der Waals surface area contributed by atoms with E-state index in [0.717, 1.165) is 17.7 Å². The third-order valence-electron chi connectivity index (χ3n) is 3.76. The van der Waals surface area contributed by atoms with Crippen LogP contribution in [0.15, 0.2) is 71.3 Å². The number of oxazole rings is 1. The van der Waals surface area contributed by atoms with Gasteiger partial charge >= 0.3 is 0 Å². The van der Waals surface area contributed by atoms with Gasteiger partial charge in [-0.15, -0.1) is 0 Å². The van der Waals surface area contributed by atoms with Crippen molar-refractivity contribution < 1.29 is 9.21 Å². The number of nitrogens with one attached hydrogen (secondary N) is 1. The minimum absolute atomic E-state index is 0.0189. The smallest absolute Gasteiger partial charge is 0.220 e. The molecule has 0 saturated carbocycles. The van der Waals surface area contributed by atoms with E-state index in [1.54, 1.807) is 6.20 Å². The normalized spacial score (nSPS) is 10.5. The Balaban J connectivity index is 1.42. The Kier molecular flexibility index (Phi) is 5.40. The van der Waals surface area contributed by atoms with Crippen LogP contribution in [0.2, 0.25) is 0 Å². The minimum atomic E-state index is 0.0189. The lowest BCUT2D eigenvalue weighted by molar-refractivity contribution is -0.121. The van der Waals surface area contributed by atoms with Crippen LogP contribution < -0.4 is 5.32 Å². The highest BCUT2D eigenvalue weighted by Crippen LogP contribution is 2.20. The van der Waals surface area contributed by atoms with E-state index in [1.165, 1.54) is 5.56 Å². The van der Waals surface area contributed by atoms with Crippen molar-refractivity contribution in [3.8, 4) is 11.3 Å². The molecule has 0 radical (unpaired) electrons. The summed E-state index contributed by atoms with van der Waals surface area (Å²) in [5, 5.41) is 2.93. The Morgan fingerprint density at radius 1 is 0.958 bits per heavy atom. The molecule has 0 aliphatic carbocycles. The molecule has 3 rings (SSSR count). The van der Waals surface area contributed by atoms with E-state index in [9.17, 15) is 4.79 Å². The summed E-state index contributed by atoms with van der Waals surface area (Å²) in [4.78, 5) is 16.1. The first-order valence-corrected chi connectivity index (χ1v) is 8.12. The van der Waals surface area contributed by atoms with Gasteiger partial charge in [-0.25, -0.2) is 4.98 Å². The van der Waals surface area contributed by atoms with E-state index in [4.69, 9.17) is 4.42 Å². The summed E-state index contributed by atoms with van der Waals surface area (Å²) in [7, 11) is 0.